The van der Waals surface area contributed by atoms with Crippen molar-refractivity contribution in [1.29, 1.82) is 0 Å². The lowest BCUT2D eigenvalue weighted by atomic mass is 10.1. The van der Waals surface area contributed by atoms with Gasteiger partial charge < -0.3 is 5.32 Å². The molecule has 1 N–H and O–H groups in total. The second kappa shape index (κ2) is 5.17. The molecular weight excluding hydrogens is 194 g/mol. The summed E-state index contributed by atoms with van der Waals surface area (Å²) in [6, 6.07) is 20.5. The van der Waals surface area contributed by atoms with E-state index in [1.807, 2.05) is 43.3 Å². The molecule has 0 aliphatic rings. The first kappa shape index (κ1) is 10.5. The largest absolute Gasteiger partial charge is 0.355 e. The summed E-state index contributed by atoms with van der Waals surface area (Å²) in [5.41, 5.74) is 3.44. The number of anilines is 1. The number of hydrogen-bond acceptors (Lipinski definition) is 1. The van der Waals surface area contributed by atoms with Crippen LogP contribution in [-0.2, 0) is 0 Å². The van der Waals surface area contributed by atoms with E-state index in [0.717, 1.165) is 11.4 Å². The van der Waals surface area contributed by atoms with Crippen LogP contribution in [0.5, 0.6) is 0 Å². The van der Waals surface area contributed by atoms with Gasteiger partial charge in [0.25, 0.3) is 0 Å². The molecule has 0 aromatic heterocycles. The number of rotatable bonds is 3. The molecule has 2 aromatic rings. The standard InChI is InChI=1S/C15H15N/c1-2-15(13-9-5-3-6-10-13)16-14-11-7-4-8-12-14/h2-12,16H,1H3/b15-2+. The SMILES string of the molecule is C/C=C(/Nc1ccccc1)c1ccccc1. The fourth-order valence-corrected chi connectivity index (χ4v) is 1.61. The molecule has 80 valence electrons. The van der Waals surface area contributed by atoms with Gasteiger partial charge in [0.15, 0.2) is 0 Å². The topological polar surface area (TPSA) is 12.0 Å². The first-order valence-corrected chi connectivity index (χ1v) is 5.44. The molecule has 1 nitrogen and oxygen atoms in total. The monoisotopic (exact) mass is 209 g/mol. The molecule has 0 radical (unpaired) electrons. The van der Waals surface area contributed by atoms with Crippen LogP contribution in [-0.4, -0.2) is 0 Å². The molecule has 0 amide bonds. The first-order valence-electron chi connectivity index (χ1n) is 5.44. The van der Waals surface area contributed by atoms with Crippen LogP contribution in [0.2, 0.25) is 0 Å². The Morgan fingerprint density at radius 1 is 0.875 bits per heavy atom. The van der Waals surface area contributed by atoms with Gasteiger partial charge in [-0.25, -0.2) is 0 Å². The molecule has 0 aliphatic heterocycles. The van der Waals surface area contributed by atoms with E-state index in [0.29, 0.717) is 0 Å². The van der Waals surface area contributed by atoms with Gasteiger partial charge in [0, 0.05) is 11.4 Å². The quantitative estimate of drug-likeness (QED) is 0.800. The number of hydrogen-bond donors (Lipinski definition) is 1. The maximum absolute atomic E-state index is 3.41. The lowest BCUT2D eigenvalue weighted by Crippen LogP contribution is -1.97. The molecule has 1 heteroatoms. The fraction of sp³-hybridized carbons (Fsp3) is 0.0667. The third-order valence-corrected chi connectivity index (χ3v) is 2.43. The highest BCUT2D eigenvalue weighted by molar-refractivity contribution is 5.76. The summed E-state index contributed by atoms with van der Waals surface area (Å²) in [5.74, 6) is 0. The number of benzene rings is 2. The minimum Gasteiger partial charge on any atom is -0.355 e. The Morgan fingerprint density at radius 2 is 1.44 bits per heavy atom. The molecule has 0 unspecified atom stereocenters. The van der Waals surface area contributed by atoms with Gasteiger partial charge in [0.1, 0.15) is 0 Å². The zero-order valence-corrected chi connectivity index (χ0v) is 9.35. The highest BCUT2D eigenvalue weighted by Crippen LogP contribution is 2.17. The lowest BCUT2D eigenvalue weighted by Gasteiger charge is -2.10. The zero-order valence-electron chi connectivity index (χ0n) is 9.35. The van der Waals surface area contributed by atoms with Gasteiger partial charge in [-0.15, -0.1) is 0 Å². The van der Waals surface area contributed by atoms with Gasteiger partial charge in [-0.2, -0.15) is 0 Å². The molecule has 0 fully saturated rings. The number of para-hydroxylation sites is 1. The summed E-state index contributed by atoms with van der Waals surface area (Å²) >= 11 is 0. The van der Waals surface area contributed by atoms with E-state index in [-0.39, 0.29) is 0 Å². The third-order valence-electron chi connectivity index (χ3n) is 2.43. The van der Waals surface area contributed by atoms with Crippen molar-refractivity contribution >= 4 is 11.4 Å². The summed E-state index contributed by atoms with van der Waals surface area (Å²) in [4.78, 5) is 0. The first-order chi connectivity index (χ1) is 7.90. The van der Waals surface area contributed by atoms with Gasteiger partial charge in [0.05, 0.1) is 0 Å². The van der Waals surface area contributed by atoms with E-state index in [4.69, 9.17) is 0 Å². The van der Waals surface area contributed by atoms with Crippen LogP contribution in [0.3, 0.4) is 0 Å². The highest BCUT2D eigenvalue weighted by Gasteiger charge is 1.99. The molecule has 2 rings (SSSR count). The molecule has 0 atom stereocenters. The molecule has 0 spiro atoms. The Labute approximate surface area is 96.4 Å². The molecule has 16 heavy (non-hydrogen) atoms. The van der Waals surface area contributed by atoms with E-state index in [1.165, 1.54) is 5.56 Å². The Morgan fingerprint density at radius 3 is 2.00 bits per heavy atom. The number of nitrogens with one attached hydrogen (secondary N) is 1. The van der Waals surface area contributed by atoms with Gasteiger partial charge in [-0.3, -0.25) is 0 Å². The van der Waals surface area contributed by atoms with Crippen LogP contribution < -0.4 is 5.32 Å². The normalized spacial score (nSPS) is 11.2. The third kappa shape index (κ3) is 2.51. The van der Waals surface area contributed by atoms with Crippen LogP contribution in [0, 0.1) is 0 Å². The van der Waals surface area contributed by atoms with E-state index < -0.39 is 0 Å². The van der Waals surface area contributed by atoms with Crippen LogP contribution in [0.4, 0.5) is 5.69 Å². The van der Waals surface area contributed by atoms with Crippen molar-refractivity contribution in [2.24, 2.45) is 0 Å². The van der Waals surface area contributed by atoms with Crippen molar-refractivity contribution < 1.29 is 0 Å². The Hall–Kier alpha value is -2.02. The van der Waals surface area contributed by atoms with Crippen molar-refractivity contribution in [1.82, 2.24) is 0 Å². The Kier molecular flexibility index (Phi) is 3.39. The predicted octanol–water partition coefficient (Wildman–Crippen LogP) is 4.16. The van der Waals surface area contributed by atoms with E-state index in [9.17, 15) is 0 Å². The Bertz CT molecular complexity index is 457. The summed E-state index contributed by atoms with van der Waals surface area (Å²) in [6.07, 6.45) is 2.09. The minimum absolute atomic E-state index is 1.11. The van der Waals surface area contributed by atoms with Crippen molar-refractivity contribution in [3.05, 3.63) is 72.3 Å². The van der Waals surface area contributed by atoms with Crippen molar-refractivity contribution in [2.75, 3.05) is 5.32 Å². The van der Waals surface area contributed by atoms with E-state index in [1.54, 1.807) is 0 Å². The number of allylic oxidation sites excluding steroid dienone is 1. The van der Waals surface area contributed by atoms with Crippen molar-refractivity contribution in [3.63, 3.8) is 0 Å². The zero-order chi connectivity index (χ0) is 11.2. The van der Waals surface area contributed by atoms with E-state index >= 15 is 0 Å². The van der Waals surface area contributed by atoms with Crippen molar-refractivity contribution in [2.45, 2.75) is 6.92 Å². The smallest absolute Gasteiger partial charge is 0.0414 e. The van der Waals surface area contributed by atoms with Crippen LogP contribution in [0.15, 0.2) is 66.7 Å². The molecule has 0 saturated carbocycles. The second-order valence-corrected chi connectivity index (χ2v) is 3.56. The highest BCUT2D eigenvalue weighted by atomic mass is 14.9. The molecule has 0 aliphatic carbocycles. The van der Waals surface area contributed by atoms with Crippen molar-refractivity contribution in [3.8, 4) is 0 Å². The molecule has 0 bridgehead atoms. The van der Waals surface area contributed by atoms with Crippen LogP contribution in [0.25, 0.3) is 5.70 Å². The molecule has 2 aromatic carbocycles. The van der Waals surface area contributed by atoms with E-state index in [2.05, 4.69) is 35.7 Å². The molecule has 0 heterocycles. The summed E-state index contributed by atoms with van der Waals surface area (Å²) < 4.78 is 0. The van der Waals surface area contributed by atoms with Gasteiger partial charge in [-0.05, 0) is 24.6 Å². The predicted molar refractivity (Wildman–Crippen MR) is 70.2 cm³/mol. The average Bonchev–Trinajstić information content (AvgIpc) is 2.38. The van der Waals surface area contributed by atoms with Crippen LogP contribution >= 0.6 is 0 Å². The average molecular weight is 209 g/mol. The van der Waals surface area contributed by atoms with Gasteiger partial charge in [0.2, 0.25) is 0 Å². The minimum atomic E-state index is 1.11. The summed E-state index contributed by atoms with van der Waals surface area (Å²) in [7, 11) is 0. The van der Waals surface area contributed by atoms with Gasteiger partial charge in [-0.1, -0.05) is 54.6 Å². The second-order valence-electron chi connectivity index (χ2n) is 3.56. The maximum atomic E-state index is 3.41. The molecule has 0 saturated heterocycles. The van der Waals surface area contributed by atoms with Gasteiger partial charge >= 0.3 is 0 Å². The Balaban J connectivity index is 2.20. The maximum Gasteiger partial charge on any atom is 0.0414 e. The summed E-state index contributed by atoms with van der Waals surface area (Å²) in [6.45, 7) is 2.04. The molecular formula is C15H15N. The van der Waals surface area contributed by atoms with Crippen LogP contribution in [0.1, 0.15) is 12.5 Å². The fourth-order valence-electron chi connectivity index (χ4n) is 1.61. The lowest BCUT2D eigenvalue weighted by molar-refractivity contribution is 1.51. The summed E-state index contributed by atoms with van der Waals surface area (Å²) in [5, 5.41) is 3.41.